The molecule has 0 radical (unpaired) electrons. The Morgan fingerprint density at radius 3 is 2.89 bits per heavy atom. The second-order valence-corrected chi connectivity index (χ2v) is 5.77. The molecule has 0 saturated carbocycles. The van der Waals surface area contributed by atoms with E-state index in [2.05, 4.69) is 81.8 Å². The van der Waals surface area contributed by atoms with Crippen molar-refractivity contribution in [1.82, 2.24) is 14.9 Å². The summed E-state index contributed by atoms with van der Waals surface area (Å²) in [5, 5.41) is 3.54. The van der Waals surface area contributed by atoms with Crippen molar-refractivity contribution in [2.75, 3.05) is 6.54 Å². The summed E-state index contributed by atoms with van der Waals surface area (Å²) in [4.78, 5) is 4.56. The summed E-state index contributed by atoms with van der Waals surface area (Å²) in [7, 11) is 0. The largest absolute Gasteiger partial charge is 0.333 e. The van der Waals surface area contributed by atoms with Gasteiger partial charge in [0.1, 0.15) is 5.82 Å². The molecule has 1 heterocycles. The van der Waals surface area contributed by atoms with Gasteiger partial charge in [-0.3, -0.25) is 0 Å². The zero-order valence-corrected chi connectivity index (χ0v) is 13.6. The first-order valence-corrected chi connectivity index (χ1v) is 7.84. The third-order valence-corrected chi connectivity index (χ3v) is 3.73. The van der Waals surface area contributed by atoms with Crippen LogP contribution in [-0.4, -0.2) is 16.1 Å². The second kappa shape index (κ2) is 7.05. The maximum absolute atomic E-state index is 4.56. The summed E-state index contributed by atoms with van der Waals surface area (Å²) >= 11 is 2.36. The number of benzene rings is 1. The van der Waals surface area contributed by atoms with Crippen molar-refractivity contribution in [3.05, 3.63) is 51.6 Å². The van der Waals surface area contributed by atoms with Gasteiger partial charge in [-0.05, 0) is 53.3 Å². The van der Waals surface area contributed by atoms with Crippen molar-refractivity contribution in [2.24, 2.45) is 0 Å². The lowest BCUT2D eigenvalue weighted by Gasteiger charge is -2.19. The minimum atomic E-state index is 0.168. The molecule has 102 valence electrons. The van der Waals surface area contributed by atoms with E-state index in [1.807, 2.05) is 6.20 Å². The Kier molecular flexibility index (Phi) is 5.39. The molecular weight excluding hydrogens is 349 g/mol. The van der Waals surface area contributed by atoms with Crippen LogP contribution in [0, 0.1) is 3.57 Å². The van der Waals surface area contributed by atoms with Crippen LogP contribution < -0.4 is 5.32 Å². The van der Waals surface area contributed by atoms with Gasteiger partial charge in [0.2, 0.25) is 0 Å². The normalized spacial score (nSPS) is 12.6. The quantitative estimate of drug-likeness (QED) is 0.789. The Bertz CT molecular complexity index is 522. The number of hydrogen-bond acceptors (Lipinski definition) is 2. The van der Waals surface area contributed by atoms with Crippen LogP contribution in [0.15, 0.2) is 36.7 Å². The molecule has 0 saturated heterocycles. The molecule has 19 heavy (non-hydrogen) atoms. The fourth-order valence-corrected chi connectivity index (χ4v) is 2.83. The van der Waals surface area contributed by atoms with Gasteiger partial charge in [0.05, 0.1) is 6.04 Å². The average molecular weight is 369 g/mol. The third-order valence-electron chi connectivity index (χ3n) is 3.06. The molecule has 2 rings (SSSR count). The van der Waals surface area contributed by atoms with Crippen molar-refractivity contribution < 1.29 is 0 Å². The Labute approximate surface area is 128 Å². The Balaban J connectivity index is 2.36. The first kappa shape index (κ1) is 14.5. The summed E-state index contributed by atoms with van der Waals surface area (Å²) in [5.41, 5.74) is 1.28. The molecule has 1 unspecified atom stereocenters. The average Bonchev–Trinajstić information content (AvgIpc) is 2.84. The first-order valence-electron chi connectivity index (χ1n) is 6.76. The molecular formula is C15H20IN3. The van der Waals surface area contributed by atoms with Crippen LogP contribution in [0.1, 0.15) is 37.7 Å². The van der Waals surface area contributed by atoms with Gasteiger partial charge in [-0.15, -0.1) is 0 Å². The second-order valence-electron chi connectivity index (χ2n) is 4.52. The first-order chi connectivity index (χ1) is 9.26. The minimum Gasteiger partial charge on any atom is -0.333 e. The van der Waals surface area contributed by atoms with E-state index < -0.39 is 0 Å². The standard InChI is InChI=1S/C15H20IN3/c1-3-9-19-10-8-18-15(19)14(17-4-2)12-6-5-7-13(16)11-12/h5-8,10-11,14,17H,3-4,9H2,1-2H3. The van der Waals surface area contributed by atoms with Crippen molar-refractivity contribution in [2.45, 2.75) is 32.9 Å². The third kappa shape index (κ3) is 3.57. The fourth-order valence-electron chi connectivity index (χ4n) is 2.26. The van der Waals surface area contributed by atoms with Crippen LogP contribution in [0.2, 0.25) is 0 Å². The molecule has 0 aliphatic carbocycles. The molecule has 0 spiro atoms. The van der Waals surface area contributed by atoms with E-state index in [4.69, 9.17) is 0 Å². The molecule has 0 fully saturated rings. The van der Waals surface area contributed by atoms with Gasteiger partial charge in [-0.1, -0.05) is 26.0 Å². The van der Waals surface area contributed by atoms with E-state index in [0.717, 1.165) is 25.3 Å². The predicted octanol–water partition coefficient (Wildman–Crippen LogP) is 3.60. The lowest BCUT2D eigenvalue weighted by molar-refractivity contribution is 0.544. The van der Waals surface area contributed by atoms with Crippen LogP contribution in [0.5, 0.6) is 0 Å². The van der Waals surface area contributed by atoms with Crippen LogP contribution in [-0.2, 0) is 6.54 Å². The van der Waals surface area contributed by atoms with Gasteiger partial charge in [0, 0.05) is 22.5 Å². The van der Waals surface area contributed by atoms with Gasteiger partial charge >= 0.3 is 0 Å². The molecule has 4 heteroatoms. The highest BCUT2D eigenvalue weighted by Crippen LogP contribution is 2.22. The molecule has 0 aliphatic rings. The van der Waals surface area contributed by atoms with E-state index in [1.165, 1.54) is 9.13 Å². The van der Waals surface area contributed by atoms with E-state index in [-0.39, 0.29) is 6.04 Å². The van der Waals surface area contributed by atoms with E-state index in [1.54, 1.807) is 0 Å². The van der Waals surface area contributed by atoms with Crippen LogP contribution >= 0.6 is 22.6 Å². The summed E-state index contributed by atoms with van der Waals surface area (Å²) in [5.74, 6) is 1.10. The number of imidazole rings is 1. The van der Waals surface area contributed by atoms with Gasteiger partial charge < -0.3 is 9.88 Å². The molecule has 1 N–H and O–H groups in total. The molecule has 0 amide bonds. The summed E-state index contributed by atoms with van der Waals surface area (Å²) in [6.45, 7) is 6.27. The highest BCUT2D eigenvalue weighted by molar-refractivity contribution is 14.1. The Morgan fingerprint density at radius 2 is 2.21 bits per heavy atom. The van der Waals surface area contributed by atoms with Crippen molar-refractivity contribution in [3.63, 3.8) is 0 Å². The van der Waals surface area contributed by atoms with Gasteiger partial charge in [0.25, 0.3) is 0 Å². The Hall–Kier alpha value is -0.880. The number of hydrogen-bond donors (Lipinski definition) is 1. The predicted molar refractivity (Wildman–Crippen MR) is 87.2 cm³/mol. The summed E-state index contributed by atoms with van der Waals surface area (Å²) in [6.07, 6.45) is 5.08. The molecule has 2 aromatic rings. The zero-order valence-electron chi connectivity index (χ0n) is 11.4. The van der Waals surface area contributed by atoms with Gasteiger partial charge in [-0.25, -0.2) is 4.98 Å². The van der Waals surface area contributed by atoms with Gasteiger partial charge in [-0.2, -0.15) is 0 Å². The maximum atomic E-state index is 4.56. The highest BCUT2D eigenvalue weighted by atomic mass is 127. The monoisotopic (exact) mass is 369 g/mol. The van der Waals surface area contributed by atoms with Crippen molar-refractivity contribution >= 4 is 22.6 Å². The van der Waals surface area contributed by atoms with E-state index in [9.17, 15) is 0 Å². The molecule has 0 bridgehead atoms. The van der Waals surface area contributed by atoms with Crippen LogP contribution in [0.25, 0.3) is 0 Å². The summed E-state index contributed by atoms with van der Waals surface area (Å²) < 4.78 is 3.50. The minimum absolute atomic E-state index is 0.168. The maximum Gasteiger partial charge on any atom is 0.130 e. The van der Waals surface area contributed by atoms with Crippen molar-refractivity contribution in [1.29, 1.82) is 0 Å². The van der Waals surface area contributed by atoms with E-state index in [0.29, 0.717) is 0 Å². The lowest BCUT2D eigenvalue weighted by Crippen LogP contribution is -2.25. The van der Waals surface area contributed by atoms with Crippen molar-refractivity contribution in [3.8, 4) is 0 Å². The molecule has 1 aromatic carbocycles. The molecule has 0 aliphatic heterocycles. The number of nitrogens with one attached hydrogen (secondary N) is 1. The molecule has 3 nitrogen and oxygen atoms in total. The number of aryl methyl sites for hydroxylation is 1. The SMILES string of the molecule is CCCn1ccnc1C(NCC)c1cccc(I)c1. The van der Waals surface area contributed by atoms with E-state index >= 15 is 0 Å². The molecule has 1 atom stereocenters. The zero-order chi connectivity index (χ0) is 13.7. The smallest absolute Gasteiger partial charge is 0.130 e. The lowest BCUT2D eigenvalue weighted by atomic mass is 10.1. The molecule has 1 aromatic heterocycles. The number of rotatable bonds is 6. The Morgan fingerprint density at radius 1 is 1.37 bits per heavy atom. The summed E-state index contributed by atoms with van der Waals surface area (Å²) in [6, 6.07) is 8.78. The fraction of sp³-hybridized carbons (Fsp3) is 0.400. The highest BCUT2D eigenvalue weighted by Gasteiger charge is 2.18. The van der Waals surface area contributed by atoms with Crippen LogP contribution in [0.4, 0.5) is 0 Å². The number of nitrogens with zero attached hydrogens (tertiary/aromatic N) is 2. The number of aromatic nitrogens is 2. The topological polar surface area (TPSA) is 29.9 Å². The van der Waals surface area contributed by atoms with Crippen LogP contribution in [0.3, 0.4) is 0 Å². The van der Waals surface area contributed by atoms with Gasteiger partial charge in [0.15, 0.2) is 0 Å². The number of halogens is 1.